The molecule has 0 amide bonds. The number of methoxy groups -OCH3 is 1. The number of nitrogens with one attached hydrogen (secondary N) is 1. The average Bonchev–Trinajstić information content (AvgIpc) is 2.10. The maximum absolute atomic E-state index is 10.6. The quantitative estimate of drug-likeness (QED) is 0.461. The smallest absolute Gasteiger partial charge is 0.331 e. The first-order chi connectivity index (χ1) is 5.70. The van der Waals surface area contributed by atoms with Gasteiger partial charge >= 0.3 is 5.97 Å². The van der Waals surface area contributed by atoms with Gasteiger partial charge in [0, 0.05) is 32.4 Å². The first-order valence-electron chi connectivity index (χ1n) is 3.81. The molecule has 0 rings (SSSR count). The molecule has 0 aliphatic heterocycles. The van der Waals surface area contributed by atoms with Crippen molar-refractivity contribution in [2.24, 2.45) is 0 Å². The van der Waals surface area contributed by atoms with Crippen LogP contribution in [0.15, 0.2) is 12.3 Å². The van der Waals surface area contributed by atoms with Crippen LogP contribution in [0.3, 0.4) is 0 Å². The number of nitrogens with zero attached hydrogens (tertiary/aromatic N) is 1. The fraction of sp³-hybridized carbons (Fsp3) is 0.625. The molecule has 0 aromatic carbocycles. The van der Waals surface area contributed by atoms with Gasteiger partial charge in [-0.15, -0.1) is 0 Å². The van der Waals surface area contributed by atoms with Gasteiger partial charge in [-0.05, 0) is 7.05 Å². The molecule has 0 saturated carbocycles. The topological polar surface area (TPSA) is 41.6 Å². The lowest BCUT2D eigenvalue weighted by Gasteiger charge is -2.12. The van der Waals surface area contributed by atoms with E-state index in [4.69, 9.17) is 0 Å². The number of carbonyl (C=O) groups is 1. The lowest BCUT2D eigenvalue weighted by Crippen LogP contribution is -2.23. The number of hydrogen-bond donors (Lipinski definition) is 1. The van der Waals surface area contributed by atoms with Crippen LogP contribution in [0.1, 0.15) is 0 Å². The Labute approximate surface area is 73.2 Å². The van der Waals surface area contributed by atoms with Gasteiger partial charge in [0.1, 0.15) is 0 Å². The van der Waals surface area contributed by atoms with E-state index in [9.17, 15) is 4.79 Å². The van der Waals surface area contributed by atoms with Crippen LogP contribution >= 0.6 is 0 Å². The maximum Gasteiger partial charge on any atom is 0.331 e. The van der Waals surface area contributed by atoms with Gasteiger partial charge in [0.15, 0.2) is 0 Å². The highest BCUT2D eigenvalue weighted by Crippen LogP contribution is 1.84. The third-order valence-electron chi connectivity index (χ3n) is 1.38. The van der Waals surface area contributed by atoms with Gasteiger partial charge in [-0.2, -0.15) is 0 Å². The van der Waals surface area contributed by atoms with Gasteiger partial charge in [-0.25, -0.2) is 4.79 Å². The molecule has 0 bridgehead atoms. The van der Waals surface area contributed by atoms with Gasteiger partial charge in [-0.1, -0.05) is 0 Å². The average molecular weight is 172 g/mol. The molecule has 0 spiro atoms. The summed E-state index contributed by atoms with van der Waals surface area (Å²) in [6.45, 7) is 1.76. The highest BCUT2D eigenvalue weighted by atomic mass is 16.5. The van der Waals surface area contributed by atoms with E-state index >= 15 is 0 Å². The van der Waals surface area contributed by atoms with Gasteiger partial charge < -0.3 is 15.0 Å². The second kappa shape index (κ2) is 6.67. The highest BCUT2D eigenvalue weighted by molar-refractivity contribution is 5.81. The van der Waals surface area contributed by atoms with Crippen LogP contribution in [0.4, 0.5) is 0 Å². The first kappa shape index (κ1) is 11.0. The fourth-order valence-corrected chi connectivity index (χ4v) is 0.619. The Morgan fingerprint density at radius 1 is 1.67 bits per heavy atom. The van der Waals surface area contributed by atoms with Gasteiger partial charge in [0.2, 0.25) is 0 Å². The lowest BCUT2D eigenvalue weighted by atomic mass is 10.5. The molecule has 0 aromatic rings. The zero-order valence-corrected chi connectivity index (χ0v) is 7.83. The third kappa shape index (κ3) is 5.73. The number of esters is 1. The predicted octanol–water partition coefficient (Wildman–Crippen LogP) is -0.176. The van der Waals surface area contributed by atoms with Crippen molar-refractivity contribution in [3.05, 3.63) is 12.3 Å². The molecule has 4 heteroatoms. The zero-order valence-electron chi connectivity index (χ0n) is 7.83. The summed E-state index contributed by atoms with van der Waals surface area (Å²) in [4.78, 5) is 12.5. The van der Waals surface area contributed by atoms with E-state index in [1.807, 2.05) is 19.0 Å². The number of carbonyl (C=O) groups excluding carboxylic acids is 1. The third-order valence-corrected chi connectivity index (χ3v) is 1.38. The summed E-state index contributed by atoms with van der Waals surface area (Å²) in [6.07, 6.45) is 3.10. The zero-order chi connectivity index (χ0) is 9.40. The summed E-state index contributed by atoms with van der Waals surface area (Å²) in [5, 5.41) is 3.01. The summed E-state index contributed by atoms with van der Waals surface area (Å²) < 4.78 is 4.44. The molecule has 0 radical (unpaired) electrons. The van der Waals surface area contributed by atoms with Crippen LogP contribution in [0.25, 0.3) is 0 Å². The molecule has 4 nitrogen and oxygen atoms in total. The minimum atomic E-state index is -0.327. The number of ether oxygens (including phenoxy) is 1. The maximum atomic E-state index is 10.6. The summed E-state index contributed by atoms with van der Waals surface area (Å²) in [6, 6.07) is 0. The predicted molar refractivity (Wildman–Crippen MR) is 47.7 cm³/mol. The summed E-state index contributed by atoms with van der Waals surface area (Å²) in [7, 11) is 5.15. The molecule has 0 fully saturated rings. The summed E-state index contributed by atoms with van der Waals surface area (Å²) in [5.74, 6) is -0.327. The molecule has 0 aromatic heterocycles. The van der Waals surface area contributed by atoms with Crippen molar-refractivity contribution in [2.45, 2.75) is 0 Å². The Hall–Kier alpha value is -1.03. The Kier molecular flexibility index (Phi) is 6.09. The lowest BCUT2D eigenvalue weighted by molar-refractivity contribution is -0.134. The van der Waals surface area contributed by atoms with Crippen LogP contribution < -0.4 is 5.32 Å². The van der Waals surface area contributed by atoms with Crippen molar-refractivity contribution in [3.8, 4) is 0 Å². The standard InChI is InChI=1S/C8H16N2O2/c1-9-5-7-10(2)6-4-8(11)12-3/h4,6,9H,5,7H2,1-3H3. The van der Waals surface area contributed by atoms with Crippen molar-refractivity contribution in [2.75, 3.05) is 34.3 Å². The van der Waals surface area contributed by atoms with E-state index < -0.39 is 0 Å². The molecule has 1 N–H and O–H groups in total. The molecule has 0 saturated heterocycles. The molecule has 0 atom stereocenters. The van der Waals surface area contributed by atoms with Gasteiger partial charge in [-0.3, -0.25) is 0 Å². The molecular formula is C8H16N2O2. The number of hydrogen-bond acceptors (Lipinski definition) is 4. The van der Waals surface area contributed by atoms with E-state index in [1.54, 1.807) is 6.20 Å². The molecule has 70 valence electrons. The van der Waals surface area contributed by atoms with Gasteiger partial charge in [0.05, 0.1) is 7.11 Å². The van der Waals surface area contributed by atoms with Crippen molar-refractivity contribution >= 4 is 5.97 Å². The van der Waals surface area contributed by atoms with Crippen LogP contribution in [-0.4, -0.2) is 45.2 Å². The number of rotatable bonds is 5. The van der Waals surface area contributed by atoms with E-state index in [0.29, 0.717) is 0 Å². The van der Waals surface area contributed by atoms with Crippen molar-refractivity contribution in [3.63, 3.8) is 0 Å². The molecular weight excluding hydrogens is 156 g/mol. The molecule has 12 heavy (non-hydrogen) atoms. The Bertz CT molecular complexity index is 157. The Morgan fingerprint density at radius 2 is 2.33 bits per heavy atom. The second-order valence-electron chi connectivity index (χ2n) is 2.42. The van der Waals surface area contributed by atoms with Crippen LogP contribution in [-0.2, 0) is 9.53 Å². The monoisotopic (exact) mass is 172 g/mol. The van der Waals surface area contributed by atoms with Gasteiger partial charge in [0.25, 0.3) is 0 Å². The van der Waals surface area contributed by atoms with Crippen LogP contribution in [0.2, 0.25) is 0 Å². The normalized spacial score (nSPS) is 10.2. The fourth-order valence-electron chi connectivity index (χ4n) is 0.619. The second-order valence-corrected chi connectivity index (χ2v) is 2.42. The SMILES string of the molecule is CNCCN(C)C=CC(=O)OC. The van der Waals surface area contributed by atoms with Crippen molar-refractivity contribution < 1.29 is 9.53 Å². The first-order valence-corrected chi connectivity index (χ1v) is 3.81. The van der Waals surface area contributed by atoms with Crippen LogP contribution in [0.5, 0.6) is 0 Å². The minimum Gasteiger partial charge on any atom is -0.466 e. The van der Waals surface area contributed by atoms with E-state index in [-0.39, 0.29) is 5.97 Å². The highest BCUT2D eigenvalue weighted by Gasteiger charge is 1.92. The summed E-state index contributed by atoms with van der Waals surface area (Å²) in [5.41, 5.74) is 0. The van der Waals surface area contributed by atoms with E-state index in [0.717, 1.165) is 13.1 Å². The Balaban J connectivity index is 3.59. The molecule has 0 heterocycles. The van der Waals surface area contributed by atoms with E-state index in [1.165, 1.54) is 13.2 Å². The molecule has 0 aliphatic carbocycles. The molecule has 0 unspecified atom stereocenters. The van der Waals surface area contributed by atoms with Crippen molar-refractivity contribution in [1.82, 2.24) is 10.2 Å². The minimum absolute atomic E-state index is 0.327. The van der Waals surface area contributed by atoms with Crippen LogP contribution in [0, 0.1) is 0 Å². The largest absolute Gasteiger partial charge is 0.466 e. The van der Waals surface area contributed by atoms with Crippen molar-refractivity contribution in [1.29, 1.82) is 0 Å². The summed E-state index contributed by atoms with van der Waals surface area (Å²) >= 11 is 0. The Morgan fingerprint density at radius 3 is 2.83 bits per heavy atom. The van der Waals surface area contributed by atoms with E-state index in [2.05, 4.69) is 10.1 Å². The molecule has 0 aliphatic rings. The number of likely N-dealkylation sites (N-methyl/N-ethyl adjacent to an activating group) is 2.